The molecular formula is C15H17FN2O2S. The van der Waals surface area contributed by atoms with E-state index in [1.54, 1.807) is 24.3 Å². The van der Waals surface area contributed by atoms with E-state index in [-0.39, 0.29) is 16.8 Å². The number of hydrogen-bond acceptors (Lipinski definition) is 3. The summed E-state index contributed by atoms with van der Waals surface area (Å²) < 4.78 is 35.2. The fourth-order valence-electron chi connectivity index (χ4n) is 2.05. The van der Waals surface area contributed by atoms with Gasteiger partial charge in [0.05, 0.1) is 4.90 Å². The maximum absolute atomic E-state index is 12.8. The van der Waals surface area contributed by atoms with Crippen LogP contribution in [0.3, 0.4) is 0 Å². The minimum absolute atomic E-state index is 0.0826. The van der Waals surface area contributed by atoms with E-state index >= 15 is 0 Å². The second kappa shape index (κ2) is 6.24. The Bertz CT molecular complexity index is 697. The number of primary sulfonamides is 1. The molecule has 21 heavy (non-hydrogen) atoms. The standard InChI is InChI=1S/C15H17FN2O2S/c1-11(10-12-2-4-13(16)5-3-12)18-14-6-8-15(9-7-14)21(17,19)20/h2-9,11,18H,10H2,1H3,(H2,17,19,20). The lowest BCUT2D eigenvalue weighted by molar-refractivity contribution is 0.598. The molecule has 0 radical (unpaired) electrons. The van der Waals surface area contributed by atoms with Crippen LogP contribution in [-0.2, 0) is 16.4 Å². The Morgan fingerprint density at radius 2 is 1.67 bits per heavy atom. The van der Waals surface area contributed by atoms with Crippen molar-refractivity contribution in [1.82, 2.24) is 0 Å². The molecule has 0 bridgehead atoms. The van der Waals surface area contributed by atoms with Gasteiger partial charge in [0.1, 0.15) is 5.82 Å². The van der Waals surface area contributed by atoms with Crippen molar-refractivity contribution < 1.29 is 12.8 Å². The number of rotatable bonds is 5. The average Bonchev–Trinajstić information content (AvgIpc) is 2.41. The number of halogens is 1. The third-order valence-electron chi connectivity index (χ3n) is 3.05. The first kappa shape index (κ1) is 15.5. The fourth-order valence-corrected chi connectivity index (χ4v) is 2.57. The third kappa shape index (κ3) is 4.54. The summed E-state index contributed by atoms with van der Waals surface area (Å²) in [5.74, 6) is -0.252. The first-order valence-corrected chi connectivity index (χ1v) is 8.03. The Morgan fingerprint density at radius 3 is 2.19 bits per heavy atom. The minimum Gasteiger partial charge on any atom is -0.382 e. The van der Waals surface area contributed by atoms with Gasteiger partial charge in [0.2, 0.25) is 10.0 Å². The zero-order valence-corrected chi connectivity index (χ0v) is 12.4. The molecule has 0 aliphatic heterocycles. The van der Waals surface area contributed by atoms with Crippen molar-refractivity contribution in [3.8, 4) is 0 Å². The van der Waals surface area contributed by atoms with Crippen molar-refractivity contribution in [2.45, 2.75) is 24.3 Å². The summed E-state index contributed by atoms with van der Waals surface area (Å²) in [6.45, 7) is 2.00. The van der Waals surface area contributed by atoms with Crippen LogP contribution in [0, 0.1) is 5.82 Å². The monoisotopic (exact) mass is 308 g/mol. The summed E-state index contributed by atoms with van der Waals surface area (Å²) in [6, 6.07) is 12.7. The molecule has 0 saturated heterocycles. The maximum Gasteiger partial charge on any atom is 0.238 e. The van der Waals surface area contributed by atoms with Crippen molar-refractivity contribution >= 4 is 15.7 Å². The molecule has 0 aliphatic rings. The zero-order chi connectivity index (χ0) is 15.5. The fraction of sp³-hybridized carbons (Fsp3) is 0.200. The summed E-state index contributed by atoms with van der Waals surface area (Å²) in [4.78, 5) is 0.0826. The van der Waals surface area contributed by atoms with Gasteiger partial charge in [-0.25, -0.2) is 17.9 Å². The molecular weight excluding hydrogens is 291 g/mol. The Balaban J connectivity index is 1.99. The highest BCUT2D eigenvalue weighted by molar-refractivity contribution is 7.89. The van der Waals surface area contributed by atoms with Gasteiger partial charge in [0, 0.05) is 11.7 Å². The van der Waals surface area contributed by atoms with E-state index in [4.69, 9.17) is 5.14 Å². The van der Waals surface area contributed by atoms with Crippen LogP contribution in [0.25, 0.3) is 0 Å². The summed E-state index contributed by atoms with van der Waals surface area (Å²) in [7, 11) is -3.66. The van der Waals surface area contributed by atoms with Crippen molar-refractivity contribution in [1.29, 1.82) is 0 Å². The van der Waals surface area contributed by atoms with Crippen LogP contribution in [0.5, 0.6) is 0 Å². The molecule has 3 N–H and O–H groups in total. The molecule has 0 saturated carbocycles. The summed E-state index contributed by atoms with van der Waals surface area (Å²) in [6.07, 6.45) is 0.733. The summed E-state index contributed by atoms with van der Waals surface area (Å²) in [5, 5.41) is 8.30. The molecule has 112 valence electrons. The number of hydrogen-bond donors (Lipinski definition) is 2. The van der Waals surface area contributed by atoms with E-state index < -0.39 is 10.0 Å². The lowest BCUT2D eigenvalue weighted by Gasteiger charge is -2.15. The maximum atomic E-state index is 12.8. The highest BCUT2D eigenvalue weighted by Crippen LogP contribution is 2.15. The van der Waals surface area contributed by atoms with Crippen LogP contribution in [0.4, 0.5) is 10.1 Å². The van der Waals surface area contributed by atoms with Gasteiger partial charge in [0.25, 0.3) is 0 Å². The molecule has 0 aliphatic carbocycles. The normalized spacial score (nSPS) is 12.9. The van der Waals surface area contributed by atoms with E-state index in [2.05, 4.69) is 5.32 Å². The van der Waals surface area contributed by atoms with Crippen LogP contribution in [-0.4, -0.2) is 14.5 Å². The van der Waals surface area contributed by atoms with E-state index in [9.17, 15) is 12.8 Å². The molecule has 1 atom stereocenters. The zero-order valence-electron chi connectivity index (χ0n) is 11.6. The van der Waals surface area contributed by atoms with E-state index in [1.165, 1.54) is 24.3 Å². The van der Waals surface area contributed by atoms with Crippen LogP contribution in [0.15, 0.2) is 53.4 Å². The Kier molecular flexibility index (Phi) is 4.59. The Hall–Kier alpha value is -1.92. The van der Waals surface area contributed by atoms with Crippen LogP contribution < -0.4 is 10.5 Å². The predicted octanol–water partition coefficient (Wildman–Crippen LogP) is 2.52. The van der Waals surface area contributed by atoms with Crippen LogP contribution in [0.2, 0.25) is 0 Å². The second-order valence-corrected chi connectivity index (χ2v) is 6.51. The molecule has 0 fully saturated rings. The third-order valence-corrected chi connectivity index (χ3v) is 3.98. The largest absolute Gasteiger partial charge is 0.382 e. The Labute approximate surface area is 123 Å². The van der Waals surface area contributed by atoms with Crippen molar-refractivity contribution in [2.75, 3.05) is 5.32 Å². The molecule has 2 aromatic rings. The van der Waals surface area contributed by atoms with E-state index in [1.807, 2.05) is 6.92 Å². The van der Waals surface area contributed by atoms with Crippen molar-refractivity contribution in [2.24, 2.45) is 5.14 Å². The van der Waals surface area contributed by atoms with Crippen LogP contribution in [0.1, 0.15) is 12.5 Å². The van der Waals surface area contributed by atoms with Gasteiger partial charge in [-0.05, 0) is 55.3 Å². The van der Waals surface area contributed by atoms with Gasteiger partial charge >= 0.3 is 0 Å². The van der Waals surface area contributed by atoms with Crippen molar-refractivity contribution in [3.05, 3.63) is 59.9 Å². The molecule has 0 heterocycles. The molecule has 0 aromatic heterocycles. The molecule has 0 amide bonds. The number of nitrogens with one attached hydrogen (secondary N) is 1. The lowest BCUT2D eigenvalue weighted by atomic mass is 10.1. The lowest BCUT2D eigenvalue weighted by Crippen LogP contribution is -2.18. The first-order valence-electron chi connectivity index (χ1n) is 6.48. The van der Waals surface area contributed by atoms with E-state index in [0.717, 1.165) is 17.7 Å². The molecule has 6 heteroatoms. The molecule has 0 spiro atoms. The highest BCUT2D eigenvalue weighted by atomic mass is 32.2. The topological polar surface area (TPSA) is 72.2 Å². The number of benzene rings is 2. The molecule has 4 nitrogen and oxygen atoms in total. The van der Waals surface area contributed by atoms with Gasteiger partial charge in [-0.15, -0.1) is 0 Å². The molecule has 1 unspecified atom stereocenters. The highest BCUT2D eigenvalue weighted by Gasteiger charge is 2.08. The van der Waals surface area contributed by atoms with Gasteiger partial charge in [-0.1, -0.05) is 12.1 Å². The van der Waals surface area contributed by atoms with Gasteiger partial charge in [-0.3, -0.25) is 0 Å². The minimum atomic E-state index is -3.66. The van der Waals surface area contributed by atoms with Gasteiger partial charge in [-0.2, -0.15) is 0 Å². The summed E-state index contributed by atoms with van der Waals surface area (Å²) in [5.41, 5.74) is 1.83. The van der Waals surface area contributed by atoms with Crippen LogP contribution >= 0.6 is 0 Å². The summed E-state index contributed by atoms with van der Waals surface area (Å²) >= 11 is 0. The first-order chi connectivity index (χ1) is 9.84. The van der Waals surface area contributed by atoms with E-state index in [0.29, 0.717) is 0 Å². The second-order valence-electron chi connectivity index (χ2n) is 4.95. The number of nitrogens with two attached hydrogens (primary N) is 1. The SMILES string of the molecule is CC(Cc1ccc(F)cc1)Nc1ccc(S(N)(=O)=O)cc1. The predicted molar refractivity (Wildman–Crippen MR) is 81.0 cm³/mol. The quantitative estimate of drug-likeness (QED) is 0.891. The van der Waals surface area contributed by atoms with Gasteiger partial charge < -0.3 is 5.32 Å². The number of anilines is 1. The smallest absolute Gasteiger partial charge is 0.238 e. The average molecular weight is 308 g/mol. The molecule has 2 aromatic carbocycles. The number of sulfonamides is 1. The molecule has 2 rings (SSSR count). The van der Waals surface area contributed by atoms with Crippen molar-refractivity contribution in [3.63, 3.8) is 0 Å². The van der Waals surface area contributed by atoms with Gasteiger partial charge in [0.15, 0.2) is 0 Å². The Morgan fingerprint density at radius 1 is 1.10 bits per heavy atom.